The van der Waals surface area contributed by atoms with Crippen LogP contribution in [0.2, 0.25) is 0 Å². The first kappa shape index (κ1) is 19.2. The van der Waals surface area contributed by atoms with Crippen molar-refractivity contribution in [3.63, 3.8) is 0 Å². The van der Waals surface area contributed by atoms with Crippen LogP contribution in [0, 0.1) is 6.57 Å². The van der Waals surface area contributed by atoms with Crippen LogP contribution in [0.25, 0.3) is 27.2 Å². The minimum atomic E-state index is -0.428. The largest absolute Gasteiger partial charge is 0.461 e. The number of ether oxygens (including phenoxy) is 1. The molecule has 0 atom stereocenters. The van der Waals surface area contributed by atoms with Gasteiger partial charge in [0, 0.05) is 30.1 Å². The SMILES string of the molecule is [C-]#[N+]c1c(-c2ccc(-c3ncccc3N)cc2)c(C(=O)OCC)n(C)c1CC. The van der Waals surface area contributed by atoms with E-state index < -0.39 is 5.97 Å². The van der Waals surface area contributed by atoms with Crippen LogP contribution in [-0.2, 0) is 18.2 Å². The first-order valence-electron chi connectivity index (χ1n) is 9.10. The van der Waals surface area contributed by atoms with Gasteiger partial charge in [0.25, 0.3) is 0 Å². The van der Waals surface area contributed by atoms with Gasteiger partial charge in [0.1, 0.15) is 5.69 Å². The Kier molecular flexibility index (Phi) is 5.46. The second-order valence-electron chi connectivity index (χ2n) is 6.28. The zero-order valence-electron chi connectivity index (χ0n) is 16.2. The summed E-state index contributed by atoms with van der Waals surface area (Å²) in [5.74, 6) is -0.428. The van der Waals surface area contributed by atoms with Crippen LogP contribution in [0.5, 0.6) is 0 Å². The van der Waals surface area contributed by atoms with Gasteiger partial charge in [-0.15, -0.1) is 0 Å². The number of nitrogens with zero attached hydrogens (tertiary/aromatic N) is 3. The van der Waals surface area contributed by atoms with E-state index in [1.54, 1.807) is 36.9 Å². The minimum Gasteiger partial charge on any atom is -0.461 e. The number of nitrogen functional groups attached to an aromatic ring is 1. The van der Waals surface area contributed by atoms with Gasteiger partial charge in [0.15, 0.2) is 0 Å². The average molecular weight is 374 g/mol. The second-order valence-corrected chi connectivity index (χ2v) is 6.28. The number of hydrogen-bond donors (Lipinski definition) is 1. The van der Waals surface area contributed by atoms with Crippen LogP contribution in [0.4, 0.5) is 11.4 Å². The van der Waals surface area contributed by atoms with Crippen molar-refractivity contribution in [2.24, 2.45) is 7.05 Å². The lowest BCUT2D eigenvalue weighted by atomic mass is 10.0. The fourth-order valence-electron chi connectivity index (χ4n) is 3.41. The van der Waals surface area contributed by atoms with E-state index in [-0.39, 0.29) is 6.61 Å². The van der Waals surface area contributed by atoms with Crippen LogP contribution in [0.15, 0.2) is 42.6 Å². The van der Waals surface area contributed by atoms with Gasteiger partial charge in [0.05, 0.1) is 24.6 Å². The van der Waals surface area contributed by atoms with Crippen LogP contribution < -0.4 is 5.73 Å². The van der Waals surface area contributed by atoms with Gasteiger partial charge >= 0.3 is 5.97 Å². The molecule has 1 aromatic carbocycles. The highest BCUT2D eigenvalue weighted by molar-refractivity contribution is 6.01. The molecule has 0 fully saturated rings. The number of carbonyl (C=O) groups is 1. The Balaban J connectivity index is 2.17. The Morgan fingerprint density at radius 1 is 1.21 bits per heavy atom. The molecule has 0 unspecified atom stereocenters. The highest BCUT2D eigenvalue weighted by Crippen LogP contribution is 2.40. The number of anilines is 1. The lowest BCUT2D eigenvalue weighted by Gasteiger charge is -2.10. The third kappa shape index (κ3) is 3.23. The van der Waals surface area contributed by atoms with Gasteiger partial charge in [-0.2, -0.15) is 0 Å². The molecule has 2 N–H and O–H groups in total. The second kappa shape index (κ2) is 7.97. The molecular weight excluding hydrogens is 352 g/mol. The predicted molar refractivity (Wildman–Crippen MR) is 110 cm³/mol. The molecule has 3 aromatic rings. The average Bonchev–Trinajstić information content (AvgIpc) is 3.00. The molecule has 28 heavy (non-hydrogen) atoms. The molecular formula is C22H22N4O2. The Morgan fingerprint density at radius 3 is 2.46 bits per heavy atom. The predicted octanol–water partition coefficient (Wildman–Crippen LogP) is 4.63. The van der Waals surface area contributed by atoms with Gasteiger partial charge in [-0.25, -0.2) is 9.64 Å². The molecule has 0 bridgehead atoms. The lowest BCUT2D eigenvalue weighted by molar-refractivity contribution is 0.0516. The highest BCUT2D eigenvalue weighted by Gasteiger charge is 2.26. The fourth-order valence-corrected chi connectivity index (χ4v) is 3.41. The number of nitrogens with two attached hydrogens (primary N) is 1. The Hall–Kier alpha value is -3.59. The van der Waals surface area contributed by atoms with E-state index in [4.69, 9.17) is 17.0 Å². The summed E-state index contributed by atoms with van der Waals surface area (Å²) in [5, 5.41) is 0. The van der Waals surface area contributed by atoms with E-state index in [2.05, 4.69) is 9.83 Å². The van der Waals surface area contributed by atoms with Crippen molar-refractivity contribution in [1.29, 1.82) is 0 Å². The van der Waals surface area contributed by atoms with Crippen molar-refractivity contribution in [1.82, 2.24) is 9.55 Å². The van der Waals surface area contributed by atoms with E-state index in [1.807, 2.05) is 31.2 Å². The van der Waals surface area contributed by atoms with Crippen LogP contribution in [0.1, 0.15) is 30.0 Å². The first-order chi connectivity index (χ1) is 13.5. The van der Waals surface area contributed by atoms with Gasteiger partial charge < -0.3 is 15.0 Å². The maximum absolute atomic E-state index is 12.6. The van der Waals surface area contributed by atoms with Crippen LogP contribution in [-0.4, -0.2) is 22.1 Å². The molecule has 0 saturated heterocycles. The lowest BCUT2D eigenvalue weighted by Crippen LogP contribution is -2.12. The molecule has 0 spiro atoms. The maximum Gasteiger partial charge on any atom is 0.354 e. The van der Waals surface area contributed by atoms with E-state index in [9.17, 15) is 4.79 Å². The normalized spacial score (nSPS) is 10.5. The zero-order valence-corrected chi connectivity index (χ0v) is 16.2. The van der Waals surface area contributed by atoms with Crippen molar-refractivity contribution in [2.75, 3.05) is 12.3 Å². The number of pyridine rings is 1. The quantitative estimate of drug-likeness (QED) is 0.522. The van der Waals surface area contributed by atoms with Crippen molar-refractivity contribution in [3.8, 4) is 22.4 Å². The van der Waals surface area contributed by atoms with Gasteiger partial charge in [-0.05, 0) is 31.0 Å². The Bertz CT molecular complexity index is 1060. The maximum atomic E-state index is 12.6. The molecule has 0 aliphatic heterocycles. The number of rotatable bonds is 5. The smallest absolute Gasteiger partial charge is 0.354 e. The Morgan fingerprint density at radius 2 is 1.89 bits per heavy atom. The van der Waals surface area contributed by atoms with Crippen molar-refractivity contribution in [3.05, 3.63) is 65.4 Å². The van der Waals surface area contributed by atoms with Gasteiger partial charge in [-0.1, -0.05) is 31.2 Å². The summed E-state index contributed by atoms with van der Waals surface area (Å²) < 4.78 is 7.02. The van der Waals surface area contributed by atoms with Gasteiger partial charge in [0.2, 0.25) is 5.69 Å². The minimum absolute atomic E-state index is 0.274. The number of hydrogen-bond acceptors (Lipinski definition) is 4. The summed E-state index contributed by atoms with van der Waals surface area (Å²) in [6.07, 6.45) is 2.34. The summed E-state index contributed by atoms with van der Waals surface area (Å²) in [6, 6.07) is 11.2. The van der Waals surface area contributed by atoms with Crippen molar-refractivity contribution >= 4 is 17.3 Å². The molecule has 0 amide bonds. The van der Waals surface area contributed by atoms with Gasteiger partial charge in [-0.3, -0.25) is 4.98 Å². The summed E-state index contributed by atoms with van der Waals surface area (Å²) in [5.41, 5.74) is 11.3. The topological polar surface area (TPSA) is 74.5 Å². The monoisotopic (exact) mass is 374 g/mol. The van der Waals surface area contributed by atoms with E-state index >= 15 is 0 Å². The number of benzene rings is 1. The van der Waals surface area contributed by atoms with Crippen LogP contribution >= 0.6 is 0 Å². The molecule has 0 radical (unpaired) electrons. The molecule has 6 heteroatoms. The zero-order chi connectivity index (χ0) is 20.3. The third-order valence-corrected chi connectivity index (χ3v) is 4.69. The molecule has 142 valence electrons. The number of aromatic nitrogens is 2. The molecule has 2 heterocycles. The highest BCUT2D eigenvalue weighted by atomic mass is 16.5. The molecule has 3 rings (SSSR count). The third-order valence-electron chi connectivity index (χ3n) is 4.69. The van der Waals surface area contributed by atoms with E-state index in [1.165, 1.54) is 0 Å². The molecule has 0 aliphatic rings. The van der Waals surface area contributed by atoms with Crippen LogP contribution in [0.3, 0.4) is 0 Å². The van der Waals surface area contributed by atoms with Crippen molar-refractivity contribution < 1.29 is 9.53 Å². The summed E-state index contributed by atoms with van der Waals surface area (Å²) in [7, 11) is 1.80. The van der Waals surface area contributed by atoms with E-state index in [0.717, 1.165) is 16.8 Å². The summed E-state index contributed by atoms with van der Waals surface area (Å²) in [6.45, 7) is 11.7. The molecule has 6 nitrogen and oxygen atoms in total. The van der Waals surface area contributed by atoms with Crippen molar-refractivity contribution in [2.45, 2.75) is 20.3 Å². The van der Waals surface area contributed by atoms with E-state index in [0.29, 0.717) is 34.7 Å². The first-order valence-corrected chi connectivity index (χ1v) is 9.10. The molecule has 0 aliphatic carbocycles. The summed E-state index contributed by atoms with van der Waals surface area (Å²) in [4.78, 5) is 20.7. The number of esters is 1. The molecule has 2 aromatic heterocycles. The standard InChI is InChI=1S/C22H22N4O2/c1-5-17-20(24-3)18(21(26(17)4)22(27)28-6-2)14-9-11-15(12-10-14)19-16(23)8-7-13-25-19/h7-13H,5-6,23H2,1-2,4H3. The molecule has 0 saturated carbocycles. The number of carbonyl (C=O) groups excluding carboxylic acids is 1. The Labute approximate surface area is 164 Å². The summed E-state index contributed by atoms with van der Waals surface area (Å²) >= 11 is 0. The fraction of sp³-hybridized carbons (Fsp3) is 0.227.